The molecular formula is C21H27F3N4O2. The molecule has 1 aliphatic carbocycles. The minimum atomic E-state index is -4.37. The number of piperazine rings is 1. The third kappa shape index (κ3) is 3.75. The first-order chi connectivity index (χ1) is 14.2. The second-order valence-corrected chi connectivity index (χ2v) is 8.58. The number of nitrogens with one attached hydrogen (secondary N) is 1. The monoisotopic (exact) mass is 424 g/mol. The molecule has 1 spiro atoms. The lowest BCUT2D eigenvalue weighted by molar-refractivity contribution is -0.137. The lowest BCUT2D eigenvalue weighted by atomic mass is 9.73. The van der Waals surface area contributed by atoms with E-state index >= 15 is 0 Å². The highest BCUT2D eigenvalue weighted by Gasteiger charge is 2.55. The number of hydrogen-bond donors (Lipinski definition) is 1. The lowest BCUT2D eigenvalue weighted by Gasteiger charge is -2.38. The minimum absolute atomic E-state index is 0.116. The summed E-state index contributed by atoms with van der Waals surface area (Å²) in [6.07, 6.45) is -0.759. The SMILES string of the molecule is C[C@H]1CCCC[C@]12NC(=O)N(CN1CCN(c3cccc(C(F)(F)F)c3)CC1)C2=O. The van der Waals surface area contributed by atoms with E-state index in [1.807, 2.05) is 16.7 Å². The highest BCUT2D eigenvalue weighted by molar-refractivity contribution is 6.07. The summed E-state index contributed by atoms with van der Waals surface area (Å²) in [5.74, 6) is -0.0227. The maximum Gasteiger partial charge on any atom is 0.416 e. The van der Waals surface area contributed by atoms with E-state index in [0.29, 0.717) is 38.3 Å². The molecule has 2 aliphatic heterocycles. The van der Waals surface area contributed by atoms with Crippen molar-refractivity contribution in [2.24, 2.45) is 5.92 Å². The molecule has 3 aliphatic rings. The van der Waals surface area contributed by atoms with Crippen LogP contribution in [0.15, 0.2) is 24.3 Å². The normalized spacial score (nSPS) is 28.3. The Morgan fingerprint density at radius 3 is 2.53 bits per heavy atom. The number of nitrogens with zero attached hydrogens (tertiary/aromatic N) is 3. The van der Waals surface area contributed by atoms with Gasteiger partial charge in [-0.3, -0.25) is 9.69 Å². The number of hydrogen-bond acceptors (Lipinski definition) is 4. The molecule has 2 saturated heterocycles. The molecule has 1 saturated carbocycles. The fraction of sp³-hybridized carbons (Fsp3) is 0.619. The van der Waals surface area contributed by atoms with Gasteiger partial charge in [0.25, 0.3) is 5.91 Å². The van der Waals surface area contributed by atoms with Gasteiger partial charge in [-0.25, -0.2) is 9.69 Å². The zero-order chi connectivity index (χ0) is 21.5. The third-order valence-electron chi connectivity index (χ3n) is 6.75. The summed E-state index contributed by atoms with van der Waals surface area (Å²) in [5.41, 5.74) is -0.891. The number of anilines is 1. The van der Waals surface area contributed by atoms with Gasteiger partial charge in [0.1, 0.15) is 5.54 Å². The molecule has 1 aromatic carbocycles. The van der Waals surface area contributed by atoms with Crippen LogP contribution in [0.25, 0.3) is 0 Å². The molecular weight excluding hydrogens is 397 g/mol. The summed E-state index contributed by atoms with van der Waals surface area (Å²) in [4.78, 5) is 30.9. The van der Waals surface area contributed by atoms with Gasteiger partial charge in [0.15, 0.2) is 0 Å². The molecule has 30 heavy (non-hydrogen) atoms. The van der Waals surface area contributed by atoms with Crippen molar-refractivity contribution in [2.75, 3.05) is 37.7 Å². The fourth-order valence-electron chi connectivity index (χ4n) is 4.85. The first-order valence-corrected chi connectivity index (χ1v) is 10.5. The average Bonchev–Trinajstić information content (AvgIpc) is 2.95. The van der Waals surface area contributed by atoms with Crippen LogP contribution in [0.1, 0.15) is 38.2 Å². The van der Waals surface area contributed by atoms with Gasteiger partial charge >= 0.3 is 12.2 Å². The molecule has 9 heteroatoms. The van der Waals surface area contributed by atoms with Crippen molar-refractivity contribution >= 4 is 17.6 Å². The zero-order valence-electron chi connectivity index (χ0n) is 17.0. The van der Waals surface area contributed by atoms with Crippen molar-refractivity contribution in [3.63, 3.8) is 0 Å². The smallest absolute Gasteiger partial charge is 0.369 e. The second kappa shape index (κ2) is 7.76. The van der Waals surface area contributed by atoms with E-state index in [-0.39, 0.29) is 24.5 Å². The molecule has 0 unspecified atom stereocenters. The van der Waals surface area contributed by atoms with Crippen molar-refractivity contribution in [1.29, 1.82) is 0 Å². The van der Waals surface area contributed by atoms with Gasteiger partial charge in [-0.2, -0.15) is 13.2 Å². The topological polar surface area (TPSA) is 55.9 Å². The van der Waals surface area contributed by atoms with Gasteiger partial charge in [-0.05, 0) is 37.0 Å². The maximum atomic E-state index is 13.1. The Morgan fingerprint density at radius 2 is 1.87 bits per heavy atom. The number of amides is 3. The molecule has 164 valence electrons. The zero-order valence-corrected chi connectivity index (χ0v) is 17.0. The number of carbonyl (C=O) groups excluding carboxylic acids is 2. The Kier molecular flexibility index (Phi) is 5.42. The number of urea groups is 1. The largest absolute Gasteiger partial charge is 0.416 e. The number of carbonyl (C=O) groups is 2. The predicted molar refractivity (Wildman–Crippen MR) is 106 cm³/mol. The van der Waals surface area contributed by atoms with E-state index < -0.39 is 17.3 Å². The van der Waals surface area contributed by atoms with Crippen LogP contribution in [0.2, 0.25) is 0 Å². The highest BCUT2D eigenvalue weighted by Crippen LogP contribution is 2.38. The number of imide groups is 1. The Balaban J connectivity index is 1.37. The standard InChI is InChI=1S/C21H27F3N4O2/c1-15-5-2-3-8-20(15)18(29)28(19(30)25-20)14-26-9-11-27(12-10-26)17-7-4-6-16(13-17)21(22,23)24/h4,6-7,13,15H,2-3,5,8-12,14H2,1H3,(H,25,30)/t15-,20-/m0/s1. The van der Waals surface area contributed by atoms with Crippen molar-refractivity contribution < 1.29 is 22.8 Å². The van der Waals surface area contributed by atoms with E-state index in [0.717, 1.165) is 25.3 Å². The Morgan fingerprint density at radius 1 is 1.13 bits per heavy atom. The van der Waals surface area contributed by atoms with E-state index in [1.165, 1.54) is 17.0 Å². The third-order valence-corrected chi connectivity index (χ3v) is 6.75. The summed E-state index contributed by atoms with van der Waals surface area (Å²) in [6.45, 7) is 4.44. The number of alkyl halides is 3. The van der Waals surface area contributed by atoms with Crippen molar-refractivity contribution in [3.05, 3.63) is 29.8 Å². The fourth-order valence-corrected chi connectivity index (χ4v) is 4.85. The van der Waals surface area contributed by atoms with Crippen LogP contribution in [0, 0.1) is 5.92 Å². The molecule has 2 atom stereocenters. The van der Waals surface area contributed by atoms with Crippen molar-refractivity contribution in [1.82, 2.24) is 15.1 Å². The molecule has 3 amide bonds. The summed E-state index contributed by atoms with van der Waals surface area (Å²) in [5, 5.41) is 2.96. The molecule has 4 rings (SSSR count). The van der Waals surface area contributed by atoms with Crippen LogP contribution >= 0.6 is 0 Å². The van der Waals surface area contributed by atoms with Crippen LogP contribution in [0.3, 0.4) is 0 Å². The van der Waals surface area contributed by atoms with Crippen LogP contribution in [0.4, 0.5) is 23.7 Å². The first-order valence-electron chi connectivity index (χ1n) is 10.5. The van der Waals surface area contributed by atoms with Crippen LogP contribution in [0.5, 0.6) is 0 Å². The minimum Gasteiger partial charge on any atom is -0.369 e. The van der Waals surface area contributed by atoms with Crippen LogP contribution in [-0.4, -0.2) is 60.1 Å². The predicted octanol–water partition coefficient (Wildman–Crippen LogP) is 3.29. The van der Waals surface area contributed by atoms with Gasteiger partial charge in [-0.15, -0.1) is 0 Å². The van der Waals surface area contributed by atoms with Gasteiger partial charge < -0.3 is 10.2 Å². The molecule has 6 nitrogen and oxygen atoms in total. The molecule has 0 radical (unpaired) electrons. The van der Waals surface area contributed by atoms with E-state index in [4.69, 9.17) is 0 Å². The molecule has 1 N–H and O–H groups in total. The molecule has 0 bridgehead atoms. The molecule has 3 fully saturated rings. The Hall–Kier alpha value is -2.29. The van der Waals surface area contributed by atoms with E-state index in [1.54, 1.807) is 6.07 Å². The van der Waals surface area contributed by atoms with E-state index in [9.17, 15) is 22.8 Å². The molecule has 1 aromatic rings. The first kappa shape index (κ1) is 21.0. The van der Waals surface area contributed by atoms with Gasteiger partial charge in [0.05, 0.1) is 12.2 Å². The lowest BCUT2D eigenvalue weighted by Crippen LogP contribution is -2.55. The van der Waals surface area contributed by atoms with Gasteiger partial charge in [0.2, 0.25) is 0 Å². The van der Waals surface area contributed by atoms with Crippen LogP contribution < -0.4 is 10.2 Å². The number of rotatable bonds is 3. The highest BCUT2D eigenvalue weighted by atomic mass is 19.4. The molecule has 0 aromatic heterocycles. The number of halogens is 3. The van der Waals surface area contributed by atoms with Crippen LogP contribution in [-0.2, 0) is 11.0 Å². The van der Waals surface area contributed by atoms with Crippen molar-refractivity contribution in [2.45, 2.75) is 44.3 Å². The Labute approximate surface area is 174 Å². The maximum absolute atomic E-state index is 13.1. The summed E-state index contributed by atoms with van der Waals surface area (Å²) >= 11 is 0. The van der Waals surface area contributed by atoms with Gasteiger partial charge in [-0.1, -0.05) is 25.8 Å². The molecule has 2 heterocycles. The second-order valence-electron chi connectivity index (χ2n) is 8.58. The summed E-state index contributed by atoms with van der Waals surface area (Å²) in [6, 6.07) is 4.99. The average molecular weight is 424 g/mol. The van der Waals surface area contributed by atoms with E-state index in [2.05, 4.69) is 5.32 Å². The Bertz CT molecular complexity index is 823. The van der Waals surface area contributed by atoms with Crippen molar-refractivity contribution in [3.8, 4) is 0 Å². The quantitative estimate of drug-likeness (QED) is 0.757. The van der Waals surface area contributed by atoms with Gasteiger partial charge in [0, 0.05) is 31.9 Å². The summed E-state index contributed by atoms with van der Waals surface area (Å²) < 4.78 is 38.9. The summed E-state index contributed by atoms with van der Waals surface area (Å²) in [7, 11) is 0. The number of benzene rings is 1.